The monoisotopic (exact) mass is 821 g/mol. The van der Waals surface area contributed by atoms with Gasteiger partial charge in [0.1, 0.15) is 19.0 Å². The maximum atomic E-state index is 14.3. The molecular formula is C41H80O12Si2. The second-order valence-corrected chi connectivity index (χ2v) is 27.4. The SMILES string of the molecule is CC[C@@H](/C=C(/C)C1C[C@@H](OC)C[C@@H](O)C(C)(C)[C@]2(O)O[C@H](C[C@H](OC)C(OCOC)C(=O)O1)C[C@H](OC)[C@@H]2O[Si](CC)(CC)CC)CO[Si](C)(C)C(C)(C)C. The number of methoxy groups -OCH3 is 4. The Morgan fingerprint density at radius 2 is 1.53 bits per heavy atom. The van der Waals surface area contributed by atoms with Crippen LogP contribution in [-0.4, -0.2) is 129 Å². The van der Waals surface area contributed by atoms with Crippen molar-refractivity contribution in [2.45, 2.75) is 192 Å². The Balaban J connectivity index is 2.73. The summed E-state index contributed by atoms with van der Waals surface area (Å²) in [5.41, 5.74) is -0.430. The Bertz CT molecular complexity index is 1180. The third-order valence-electron chi connectivity index (χ3n) is 13.2. The molecule has 2 heterocycles. The summed E-state index contributed by atoms with van der Waals surface area (Å²) in [6, 6.07) is 2.55. The van der Waals surface area contributed by atoms with Gasteiger partial charge in [-0.3, -0.25) is 0 Å². The zero-order valence-corrected chi connectivity index (χ0v) is 39.3. The van der Waals surface area contributed by atoms with Gasteiger partial charge in [-0.25, -0.2) is 4.79 Å². The van der Waals surface area contributed by atoms with Gasteiger partial charge in [0.05, 0.1) is 30.5 Å². The fourth-order valence-electron chi connectivity index (χ4n) is 7.52. The fraction of sp³-hybridized carbons (Fsp3) is 0.927. The van der Waals surface area contributed by atoms with Gasteiger partial charge in [0.25, 0.3) is 0 Å². The van der Waals surface area contributed by atoms with Crippen LogP contribution in [0.4, 0.5) is 0 Å². The predicted molar refractivity (Wildman–Crippen MR) is 220 cm³/mol. The van der Waals surface area contributed by atoms with Crippen molar-refractivity contribution in [1.82, 2.24) is 0 Å². The molecule has 324 valence electrons. The first-order valence-electron chi connectivity index (χ1n) is 20.6. The maximum Gasteiger partial charge on any atom is 0.338 e. The summed E-state index contributed by atoms with van der Waals surface area (Å²) in [6.07, 6.45) is -2.73. The van der Waals surface area contributed by atoms with Gasteiger partial charge in [-0.15, -0.1) is 0 Å². The molecule has 2 saturated heterocycles. The standard InChI is InChI=1S/C41H80O12Si2/c1-17-29(26-50-54(15,16)39(6,7)8)21-28(5)32-22-30(46-12)25-35(42)40(9,10)41(44)37(53-55(18-2,19-3)20-4)34(48-14)24-31(52-41)23-33(47-13)36(38(43)51-32)49-27-45-11/h21,29-37,42,44H,17-20,22-27H2,1-16H3/b28-21-/t29-,30+,31+,32?,33-,34-,35+,36?,37-,41+/m0/s1. The average Bonchev–Trinajstić information content (AvgIpc) is 3.13. The van der Waals surface area contributed by atoms with Crippen LogP contribution in [0.25, 0.3) is 0 Å². The van der Waals surface area contributed by atoms with E-state index in [0.717, 1.165) is 30.1 Å². The number of aliphatic hydroxyl groups excluding tert-OH is 1. The summed E-state index contributed by atoms with van der Waals surface area (Å²) in [4.78, 5) is 14.3. The van der Waals surface area contributed by atoms with E-state index in [1.54, 1.807) is 14.2 Å². The van der Waals surface area contributed by atoms with Gasteiger partial charge >= 0.3 is 5.97 Å². The number of hydrogen-bond acceptors (Lipinski definition) is 12. The maximum absolute atomic E-state index is 14.3. The molecule has 2 bridgehead atoms. The third kappa shape index (κ3) is 12.4. The van der Waals surface area contributed by atoms with E-state index in [0.29, 0.717) is 13.0 Å². The molecule has 12 nitrogen and oxygen atoms in total. The fourth-order valence-corrected chi connectivity index (χ4v) is 11.4. The lowest BCUT2D eigenvalue weighted by Gasteiger charge is -2.57. The van der Waals surface area contributed by atoms with E-state index in [9.17, 15) is 15.0 Å². The molecule has 14 heteroatoms. The Morgan fingerprint density at radius 3 is 2.02 bits per heavy atom. The van der Waals surface area contributed by atoms with Crippen molar-refractivity contribution in [2.75, 3.05) is 41.8 Å². The highest BCUT2D eigenvalue weighted by Gasteiger charge is 2.62. The quantitative estimate of drug-likeness (QED) is 0.0656. The Labute approximate surface area is 335 Å². The summed E-state index contributed by atoms with van der Waals surface area (Å²) < 4.78 is 56.1. The summed E-state index contributed by atoms with van der Waals surface area (Å²) in [7, 11) is 1.84. The van der Waals surface area contributed by atoms with Crippen molar-refractivity contribution in [1.29, 1.82) is 0 Å². The minimum atomic E-state index is -2.33. The van der Waals surface area contributed by atoms with Gasteiger partial charge in [0, 0.05) is 66.1 Å². The molecule has 10 atom stereocenters. The van der Waals surface area contributed by atoms with E-state index < -0.39 is 82.6 Å². The number of aliphatic hydroxyl groups is 2. The molecule has 2 unspecified atom stereocenters. The average molecular weight is 821 g/mol. The van der Waals surface area contributed by atoms with Crippen LogP contribution in [0, 0.1) is 11.3 Å². The number of ether oxygens (including phenoxy) is 7. The first-order chi connectivity index (χ1) is 25.6. The van der Waals surface area contributed by atoms with E-state index in [-0.39, 0.29) is 37.0 Å². The molecule has 0 radical (unpaired) electrons. The number of cyclic esters (lactones) is 1. The van der Waals surface area contributed by atoms with Gasteiger partial charge in [-0.05, 0) is 61.1 Å². The Morgan fingerprint density at radius 1 is 0.945 bits per heavy atom. The topological polar surface area (TPSA) is 141 Å². The number of hydrogen-bond donors (Lipinski definition) is 2. The molecule has 2 aliphatic heterocycles. The molecule has 2 fully saturated rings. The van der Waals surface area contributed by atoms with Crippen LogP contribution in [0.5, 0.6) is 0 Å². The van der Waals surface area contributed by atoms with Crippen LogP contribution < -0.4 is 0 Å². The van der Waals surface area contributed by atoms with Crippen molar-refractivity contribution in [3.63, 3.8) is 0 Å². The van der Waals surface area contributed by atoms with Crippen molar-refractivity contribution >= 4 is 22.6 Å². The van der Waals surface area contributed by atoms with Gasteiger partial charge in [-0.1, -0.05) is 68.4 Å². The summed E-state index contributed by atoms with van der Waals surface area (Å²) in [5, 5.41) is 25.3. The lowest BCUT2D eigenvalue weighted by molar-refractivity contribution is -0.376. The normalized spacial score (nSPS) is 32.5. The van der Waals surface area contributed by atoms with Crippen LogP contribution in [0.2, 0.25) is 36.3 Å². The number of carbonyl (C=O) groups excluding carboxylic acids is 1. The zero-order chi connectivity index (χ0) is 42.0. The van der Waals surface area contributed by atoms with Crippen molar-refractivity contribution < 1.29 is 57.0 Å². The smallest absolute Gasteiger partial charge is 0.338 e. The van der Waals surface area contributed by atoms with Crippen LogP contribution in [-0.2, 0) is 46.8 Å². The molecule has 2 N–H and O–H groups in total. The zero-order valence-electron chi connectivity index (χ0n) is 37.3. The first-order valence-corrected chi connectivity index (χ1v) is 26.0. The number of fused-ring (bicyclic) bond motifs is 2. The predicted octanol–water partition coefficient (Wildman–Crippen LogP) is 7.37. The highest BCUT2D eigenvalue weighted by Crippen LogP contribution is 2.49. The molecule has 2 aliphatic rings. The molecule has 0 aliphatic carbocycles. The molecule has 0 amide bonds. The summed E-state index contributed by atoms with van der Waals surface area (Å²) in [5.74, 6) is -2.54. The van der Waals surface area contributed by atoms with Crippen LogP contribution >= 0.6 is 0 Å². The van der Waals surface area contributed by atoms with Gasteiger partial charge < -0.3 is 52.2 Å². The molecule has 0 aromatic heterocycles. The van der Waals surface area contributed by atoms with E-state index >= 15 is 0 Å². The van der Waals surface area contributed by atoms with E-state index in [4.69, 9.17) is 42.0 Å². The van der Waals surface area contributed by atoms with E-state index in [1.807, 2.05) is 20.8 Å². The van der Waals surface area contributed by atoms with Crippen molar-refractivity contribution in [3.8, 4) is 0 Å². The van der Waals surface area contributed by atoms with Crippen molar-refractivity contribution in [2.24, 2.45) is 11.3 Å². The van der Waals surface area contributed by atoms with Crippen LogP contribution in [0.1, 0.15) is 101 Å². The largest absolute Gasteiger partial charge is 0.456 e. The molecular weight excluding hydrogens is 741 g/mol. The lowest BCUT2D eigenvalue weighted by Crippen LogP contribution is -2.70. The van der Waals surface area contributed by atoms with Crippen LogP contribution in [0.15, 0.2) is 11.6 Å². The highest BCUT2D eigenvalue weighted by molar-refractivity contribution is 6.74. The second-order valence-electron chi connectivity index (χ2n) is 17.9. The summed E-state index contributed by atoms with van der Waals surface area (Å²) >= 11 is 0. The lowest BCUT2D eigenvalue weighted by atomic mass is 9.70. The Hall–Kier alpha value is -0.756. The molecule has 0 aromatic carbocycles. The number of rotatable bonds is 17. The van der Waals surface area contributed by atoms with Gasteiger partial charge in [0.2, 0.25) is 5.79 Å². The minimum Gasteiger partial charge on any atom is -0.456 e. The van der Waals surface area contributed by atoms with E-state index in [1.165, 1.54) is 14.2 Å². The molecule has 0 saturated carbocycles. The Kier molecular flexibility index (Phi) is 19.7. The van der Waals surface area contributed by atoms with Gasteiger partial charge in [-0.2, -0.15) is 0 Å². The van der Waals surface area contributed by atoms with E-state index in [2.05, 4.69) is 67.6 Å². The minimum absolute atomic E-state index is 0.0699. The molecule has 55 heavy (non-hydrogen) atoms. The number of carbonyl (C=O) groups is 1. The summed E-state index contributed by atoms with van der Waals surface area (Å²) in [6.45, 7) is 25.6. The third-order valence-corrected chi connectivity index (χ3v) is 22.3. The van der Waals surface area contributed by atoms with Crippen LogP contribution in [0.3, 0.4) is 0 Å². The molecule has 0 spiro atoms. The van der Waals surface area contributed by atoms with Gasteiger partial charge in [0.15, 0.2) is 22.7 Å². The number of esters is 1. The molecule has 2 rings (SSSR count). The van der Waals surface area contributed by atoms with Crippen molar-refractivity contribution in [3.05, 3.63) is 11.6 Å². The first kappa shape index (κ1) is 50.4. The highest BCUT2D eigenvalue weighted by atomic mass is 28.4. The molecule has 0 aromatic rings. The second kappa shape index (κ2) is 21.5.